The van der Waals surface area contributed by atoms with Crippen LogP contribution in [0.4, 0.5) is 6.01 Å². The summed E-state index contributed by atoms with van der Waals surface area (Å²) < 4.78 is 11.1. The van der Waals surface area contributed by atoms with Crippen LogP contribution in [0.15, 0.2) is 69.5 Å². The highest BCUT2D eigenvalue weighted by molar-refractivity contribution is 5.90. The Morgan fingerprint density at radius 2 is 1.21 bits per heavy atom. The number of nitrogens with one attached hydrogen (secondary N) is 1. The van der Waals surface area contributed by atoms with Crippen molar-refractivity contribution in [1.29, 1.82) is 0 Å². The van der Waals surface area contributed by atoms with Crippen molar-refractivity contribution in [2.45, 2.75) is 44.9 Å². The van der Waals surface area contributed by atoms with Crippen molar-refractivity contribution in [3.63, 3.8) is 0 Å². The average Bonchev–Trinajstić information content (AvgIpc) is 3.47. The molecule has 1 amide bonds. The van der Waals surface area contributed by atoms with Crippen LogP contribution in [0.2, 0.25) is 0 Å². The third-order valence-corrected chi connectivity index (χ3v) is 5.05. The number of ketones is 1. The fourth-order valence-electron chi connectivity index (χ4n) is 3.42. The second-order valence-corrected chi connectivity index (χ2v) is 7.89. The van der Waals surface area contributed by atoms with Gasteiger partial charge in [0.1, 0.15) is 5.78 Å². The highest BCUT2D eigenvalue weighted by atomic mass is 16.4. The van der Waals surface area contributed by atoms with Gasteiger partial charge in [0.05, 0.1) is 12.8 Å². The molecule has 0 aliphatic carbocycles. The number of aryl methyl sites for hydroxylation is 2. The molecule has 9 nitrogen and oxygen atoms in total. The van der Waals surface area contributed by atoms with Gasteiger partial charge in [-0.05, 0) is 24.0 Å². The van der Waals surface area contributed by atoms with Gasteiger partial charge in [-0.2, -0.15) is 0 Å². The SMILES string of the molecule is O=C(Cc1ccccc1)Cc1nnc(CCCCc2nnc(NC(=O)Cc3ccccc3)o2)o1. The monoisotopic (exact) mass is 459 g/mol. The van der Waals surface area contributed by atoms with E-state index in [0.29, 0.717) is 36.9 Å². The topological polar surface area (TPSA) is 124 Å². The van der Waals surface area contributed by atoms with Crippen LogP contribution in [0.3, 0.4) is 0 Å². The van der Waals surface area contributed by atoms with E-state index in [1.54, 1.807) is 0 Å². The van der Waals surface area contributed by atoms with Crippen LogP contribution < -0.4 is 5.32 Å². The number of hydrogen-bond donors (Lipinski definition) is 1. The number of carbonyl (C=O) groups excluding carboxylic acids is 2. The highest BCUT2D eigenvalue weighted by Crippen LogP contribution is 2.12. The second kappa shape index (κ2) is 11.6. The van der Waals surface area contributed by atoms with E-state index in [0.717, 1.165) is 24.0 Å². The molecule has 0 aliphatic rings. The Balaban J connectivity index is 1.15. The Kier molecular flexibility index (Phi) is 7.89. The van der Waals surface area contributed by atoms with Crippen LogP contribution in [-0.4, -0.2) is 32.1 Å². The highest BCUT2D eigenvalue weighted by Gasteiger charge is 2.13. The zero-order valence-corrected chi connectivity index (χ0v) is 18.6. The minimum absolute atomic E-state index is 0.0319. The maximum atomic E-state index is 12.2. The molecule has 2 heterocycles. The lowest BCUT2D eigenvalue weighted by Gasteiger charge is -2.00. The van der Waals surface area contributed by atoms with E-state index in [1.807, 2.05) is 60.7 Å². The van der Waals surface area contributed by atoms with Crippen molar-refractivity contribution in [2.24, 2.45) is 0 Å². The molecule has 2 aromatic heterocycles. The lowest BCUT2D eigenvalue weighted by molar-refractivity contribution is -0.118. The summed E-state index contributed by atoms with van der Waals surface area (Å²) >= 11 is 0. The third kappa shape index (κ3) is 7.19. The van der Waals surface area contributed by atoms with Gasteiger partial charge in [-0.3, -0.25) is 14.9 Å². The molecule has 0 bridgehead atoms. The zero-order valence-electron chi connectivity index (χ0n) is 18.6. The predicted octanol–water partition coefficient (Wildman–Crippen LogP) is 3.55. The first-order chi connectivity index (χ1) is 16.6. The molecule has 0 spiro atoms. The van der Waals surface area contributed by atoms with E-state index in [4.69, 9.17) is 8.83 Å². The molecule has 0 atom stereocenters. The summed E-state index contributed by atoms with van der Waals surface area (Å²) in [5.74, 6) is 1.11. The summed E-state index contributed by atoms with van der Waals surface area (Å²) in [6.45, 7) is 0. The maximum absolute atomic E-state index is 12.2. The molecular formula is C25H25N5O4. The van der Waals surface area contributed by atoms with Crippen LogP contribution in [0, 0.1) is 0 Å². The standard InChI is InChI=1S/C25H25N5O4/c31-20(15-18-9-3-1-4-10-18)17-24-29-27-22(33-24)13-7-8-14-23-28-30-25(34-23)26-21(32)16-19-11-5-2-6-12-19/h1-6,9-12H,7-8,13-17H2,(H,26,30,32). The molecule has 0 saturated heterocycles. The molecule has 2 aromatic carbocycles. The summed E-state index contributed by atoms with van der Waals surface area (Å²) in [6.07, 6.45) is 3.41. The van der Waals surface area contributed by atoms with E-state index >= 15 is 0 Å². The van der Waals surface area contributed by atoms with Crippen LogP contribution in [0.5, 0.6) is 0 Å². The van der Waals surface area contributed by atoms with Crippen molar-refractivity contribution in [3.8, 4) is 0 Å². The molecule has 1 N–H and O–H groups in total. The second-order valence-electron chi connectivity index (χ2n) is 7.89. The van der Waals surface area contributed by atoms with E-state index < -0.39 is 0 Å². The summed E-state index contributed by atoms with van der Waals surface area (Å²) in [5, 5.41) is 18.5. The quantitative estimate of drug-likeness (QED) is 0.319. The van der Waals surface area contributed by atoms with Gasteiger partial charge >= 0.3 is 6.01 Å². The molecule has 0 fully saturated rings. The van der Waals surface area contributed by atoms with Gasteiger partial charge in [0.15, 0.2) is 0 Å². The number of Topliss-reactive ketones (excluding diaryl/α,β-unsaturated/α-hetero) is 1. The molecular weight excluding hydrogens is 434 g/mol. The normalized spacial score (nSPS) is 10.8. The number of carbonyl (C=O) groups is 2. The molecule has 0 unspecified atom stereocenters. The average molecular weight is 460 g/mol. The van der Waals surface area contributed by atoms with E-state index in [-0.39, 0.29) is 30.5 Å². The Hall–Kier alpha value is -4.14. The number of nitrogens with zero attached hydrogens (tertiary/aromatic N) is 4. The van der Waals surface area contributed by atoms with Gasteiger partial charge in [0.25, 0.3) is 0 Å². The number of anilines is 1. The van der Waals surface area contributed by atoms with Crippen molar-refractivity contribution >= 4 is 17.7 Å². The molecule has 9 heteroatoms. The smallest absolute Gasteiger partial charge is 0.322 e. The van der Waals surface area contributed by atoms with Crippen molar-refractivity contribution in [3.05, 3.63) is 89.5 Å². The van der Waals surface area contributed by atoms with Gasteiger partial charge in [0.2, 0.25) is 23.6 Å². The largest absolute Gasteiger partial charge is 0.425 e. The summed E-state index contributed by atoms with van der Waals surface area (Å²) in [4.78, 5) is 24.3. The van der Waals surface area contributed by atoms with E-state index in [9.17, 15) is 9.59 Å². The van der Waals surface area contributed by atoms with Gasteiger partial charge in [-0.15, -0.1) is 15.3 Å². The summed E-state index contributed by atoms with van der Waals surface area (Å²) in [6, 6.07) is 19.1. The van der Waals surface area contributed by atoms with Crippen LogP contribution in [0.1, 0.15) is 41.6 Å². The van der Waals surface area contributed by atoms with Crippen molar-refractivity contribution in [2.75, 3.05) is 5.32 Å². The first-order valence-corrected chi connectivity index (χ1v) is 11.2. The van der Waals surface area contributed by atoms with Gasteiger partial charge in [-0.1, -0.05) is 65.8 Å². The Morgan fingerprint density at radius 1 is 0.647 bits per heavy atom. The number of hydrogen-bond acceptors (Lipinski definition) is 8. The molecule has 0 radical (unpaired) electrons. The number of rotatable bonds is 12. The third-order valence-electron chi connectivity index (χ3n) is 5.05. The van der Waals surface area contributed by atoms with Crippen LogP contribution >= 0.6 is 0 Å². The number of unbranched alkanes of at least 4 members (excludes halogenated alkanes) is 1. The lowest BCUT2D eigenvalue weighted by Crippen LogP contribution is -2.14. The molecule has 34 heavy (non-hydrogen) atoms. The first-order valence-electron chi connectivity index (χ1n) is 11.2. The first kappa shape index (κ1) is 23.0. The molecule has 4 rings (SSSR count). The van der Waals surface area contributed by atoms with Gasteiger partial charge in [-0.25, -0.2) is 0 Å². The van der Waals surface area contributed by atoms with Crippen molar-refractivity contribution < 1.29 is 18.4 Å². The van der Waals surface area contributed by atoms with Crippen molar-refractivity contribution in [1.82, 2.24) is 20.4 Å². The predicted molar refractivity (Wildman–Crippen MR) is 123 cm³/mol. The van der Waals surface area contributed by atoms with Gasteiger partial charge in [0, 0.05) is 19.3 Å². The van der Waals surface area contributed by atoms with Crippen LogP contribution in [0.25, 0.3) is 0 Å². The van der Waals surface area contributed by atoms with E-state index in [2.05, 4.69) is 25.7 Å². The Labute approximate surface area is 196 Å². The molecule has 0 aliphatic heterocycles. The summed E-state index contributed by atoms with van der Waals surface area (Å²) in [7, 11) is 0. The number of amides is 1. The Bertz CT molecular complexity index is 1110. The maximum Gasteiger partial charge on any atom is 0.322 e. The number of benzene rings is 2. The summed E-state index contributed by atoms with van der Waals surface area (Å²) in [5.41, 5.74) is 1.87. The van der Waals surface area contributed by atoms with Crippen LogP contribution in [-0.2, 0) is 41.7 Å². The van der Waals surface area contributed by atoms with E-state index in [1.165, 1.54) is 0 Å². The molecule has 4 aromatic rings. The fraction of sp³-hybridized carbons (Fsp3) is 0.280. The fourth-order valence-corrected chi connectivity index (χ4v) is 3.42. The number of aromatic nitrogens is 4. The molecule has 0 saturated carbocycles. The minimum Gasteiger partial charge on any atom is -0.425 e. The Morgan fingerprint density at radius 3 is 1.88 bits per heavy atom. The zero-order chi connectivity index (χ0) is 23.6. The minimum atomic E-state index is -0.212. The molecule has 174 valence electrons. The lowest BCUT2D eigenvalue weighted by atomic mass is 10.1. The van der Waals surface area contributed by atoms with Gasteiger partial charge < -0.3 is 8.83 Å².